The maximum Gasteiger partial charge on any atom is 0.250 e. The average Bonchev–Trinajstić information content (AvgIpc) is 2.26. The van der Waals surface area contributed by atoms with Gasteiger partial charge < -0.3 is 9.47 Å². The molecule has 0 unspecified atom stereocenters. The SMILES string of the molecule is CCOCCOc1nccc(CCl)c1F. The molecule has 0 aliphatic heterocycles. The smallest absolute Gasteiger partial charge is 0.250 e. The molecule has 5 heteroatoms. The van der Waals surface area contributed by atoms with Crippen molar-refractivity contribution in [2.24, 2.45) is 0 Å². The van der Waals surface area contributed by atoms with Crippen LogP contribution in [-0.4, -0.2) is 24.8 Å². The molecule has 1 aromatic rings. The monoisotopic (exact) mass is 233 g/mol. The molecule has 0 aliphatic carbocycles. The van der Waals surface area contributed by atoms with Crippen molar-refractivity contribution in [3.8, 4) is 5.88 Å². The summed E-state index contributed by atoms with van der Waals surface area (Å²) in [5.41, 5.74) is 0.387. The fourth-order valence-corrected chi connectivity index (χ4v) is 1.21. The quantitative estimate of drug-likeness (QED) is 0.559. The number of hydrogen-bond acceptors (Lipinski definition) is 3. The van der Waals surface area contributed by atoms with Crippen molar-refractivity contribution in [1.82, 2.24) is 4.98 Å². The number of nitrogens with zero attached hydrogens (tertiary/aromatic N) is 1. The fourth-order valence-electron chi connectivity index (χ4n) is 1.01. The molecule has 15 heavy (non-hydrogen) atoms. The molecule has 0 aromatic carbocycles. The Morgan fingerprint density at radius 3 is 2.93 bits per heavy atom. The molecule has 0 saturated carbocycles. The van der Waals surface area contributed by atoms with Gasteiger partial charge in [-0.15, -0.1) is 11.6 Å². The first-order valence-electron chi connectivity index (χ1n) is 4.69. The molecule has 84 valence electrons. The van der Waals surface area contributed by atoms with Crippen molar-refractivity contribution < 1.29 is 13.9 Å². The second kappa shape index (κ2) is 6.58. The molecule has 1 rings (SSSR count). The van der Waals surface area contributed by atoms with Gasteiger partial charge in [-0.1, -0.05) is 0 Å². The van der Waals surface area contributed by atoms with Gasteiger partial charge in [0.2, 0.25) is 0 Å². The third-order valence-corrected chi connectivity index (χ3v) is 2.04. The van der Waals surface area contributed by atoms with Gasteiger partial charge in [0.1, 0.15) is 6.61 Å². The lowest BCUT2D eigenvalue weighted by atomic mass is 10.3. The molecule has 0 fully saturated rings. The number of ether oxygens (including phenoxy) is 2. The van der Waals surface area contributed by atoms with Gasteiger partial charge in [0.15, 0.2) is 5.82 Å². The van der Waals surface area contributed by atoms with Gasteiger partial charge in [-0.2, -0.15) is 0 Å². The molecule has 0 atom stereocenters. The first kappa shape index (κ1) is 12.2. The summed E-state index contributed by atoms with van der Waals surface area (Å²) in [5, 5.41) is 0. The largest absolute Gasteiger partial charge is 0.473 e. The molecule has 3 nitrogen and oxygen atoms in total. The zero-order valence-electron chi connectivity index (χ0n) is 8.50. The highest BCUT2D eigenvalue weighted by molar-refractivity contribution is 6.17. The van der Waals surface area contributed by atoms with Crippen molar-refractivity contribution in [3.63, 3.8) is 0 Å². The second-order valence-corrected chi connectivity index (χ2v) is 3.04. The van der Waals surface area contributed by atoms with Crippen LogP contribution in [0, 0.1) is 5.82 Å². The first-order valence-corrected chi connectivity index (χ1v) is 5.23. The Morgan fingerprint density at radius 2 is 2.27 bits per heavy atom. The summed E-state index contributed by atoms with van der Waals surface area (Å²) >= 11 is 5.54. The van der Waals surface area contributed by atoms with Crippen LogP contribution in [0.5, 0.6) is 5.88 Å². The highest BCUT2D eigenvalue weighted by Crippen LogP contribution is 2.18. The van der Waals surface area contributed by atoms with E-state index in [2.05, 4.69) is 4.98 Å². The van der Waals surface area contributed by atoms with Gasteiger partial charge in [-0.05, 0) is 13.0 Å². The summed E-state index contributed by atoms with van der Waals surface area (Å²) in [6, 6.07) is 1.53. The summed E-state index contributed by atoms with van der Waals surface area (Å²) in [6.07, 6.45) is 1.47. The standard InChI is InChI=1S/C10H13ClFNO2/c1-2-14-5-6-15-10-9(12)8(7-11)3-4-13-10/h3-4H,2,5-7H2,1H3. The molecular weight excluding hydrogens is 221 g/mol. The average molecular weight is 234 g/mol. The van der Waals surface area contributed by atoms with E-state index in [0.29, 0.717) is 18.8 Å². The maximum absolute atomic E-state index is 13.5. The van der Waals surface area contributed by atoms with Crippen molar-refractivity contribution in [1.29, 1.82) is 0 Å². The summed E-state index contributed by atoms with van der Waals surface area (Å²) in [6.45, 7) is 3.19. The van der Waals surface area contributed by atoms with Crippen LogP contribution in [0.15, 0.2) is 12.3 Å². The number of alkyl halides is 1. The maximum atomic E-state index is 13.5. The highest BCUT2D eigenvalue weighted by atomic mass is 35.5. The lowest BCUT2D eigenvalue weighted by molar-refractivity contribution is 0.106. The Hall–Kier alpha value is -0.870. The summed E-state index contributed by atoms with van der Waals surface area (Å²) < 4.78 is 23.6. The zero-order valence-corrected chi connectivity index (χ0v) is 9.26. The van der Waals surface area contributed by atoms with E-state index in [0.717, 1.165) is 0 Å². The number of halogens is 2. The molecule has 0 amide bonds. The topological polar surface area (TPSA) is 31.4 Å². The van der Waals surface area contributed by atoms with Crippen molar-refractivity contribution >= 4 is 11.6 Å². The van der Waals surface area contributed by atoms with E-state index >= 15 is 0 Å². The molecule has 0 bridgehead atoms. The van der Waals surface area contributed by atoms with Crippen molar-refractivity contribution in [3.05, 3.63) is 23.6 Å². The van der Waals surface area contributed by atoms with Gasteiger partial charge in [0.25, 0.3) is 5.88 Å². The Labute approximate surface area is 93.2 Å². The Morgan fingerprint density at radius 1 is 1.47 bits per heavy atom. The Bertz CT molecular complexity index is 309. The minimum Gasteiger partial charge on any atom is -0.473 e. The predicted molar refractivity (Wildman–Crippen MR) is 55.7 cm³/mol. The van der Waals surface area contributed by atoms with Gasteiger partial charge >= 0.3 is 0 Å². The number of hydrogen-bond donors (Lipinski definition) is 0. The molecule has 0 N–H and O–H groups in total. The van der Waals surface area contributed by atoms with Crippen molar-refractivity contribution in [2.45, 2.75) is 12.8 Å². The van der Waals surface area contributed by atoms with Crippen LogP contribution in [0.4, 0.5) is 4.39 Å². The number of pyridine rings is 1. The summed E-state index contributed by atoms with van der Waals surface area (Å²) in [5.74, 6) is -0.409. The number of aromatic nitrogens is 1. The third-order valence-electron chi connectivity index (χ3n) is 1.75. The molecular formula is C10H13ClFNO2. The highest BCUT2D eigenvalue weighted by Gasteiger charge is 2.09. The molecule has 1 aromatic heterocycles. The normalized spacial score (nSPS) is 10.3. The molecule has 0 radical (unpaired) electrons. The minimum absolute atomic E-state index is 0.0205. The van der Waals surface area contributed by atoms with E-state index in [1.165, 1.54) is 12.3 Å². The van der Waals surface area contributed by atoms with E-state index < -0.39 is 5.82 Å². The van der Waals surface area contributed by atoms with Gasteiger partial charge in [0.05, 0.1) is 12.5 Å². The van der Waals surface area contributed by atoms with E-state index in [-0.39, 0.29) is 18.4 Å². The fraction of sp³-hybridized carbons (Fsp3) is 0.500. The Kier molecular flexibility index (Phi) is 5.36. The lowest BCUT2D eigenvalue weighted by Crippen LogP contribution is -2.08. The van der Waals surface area contributed by atoms with Crippen LogP contribution in [-0.2, 0) is 10.6 Å². The van der Waals surface area contributed by atoms with E-state index in [9.17, 15) is 4.39 Å². The molecule has 0 aliphatic rings. The summed E-state index contributed by atoms with van der Waals surface area (Å²) in [4.78, 5) is 3.77. The number of rotatable bonds is 6. The van der Waals surface area contributed by atoms with Crippen molar-refractivity contribution in [2.75, 3.05) is 19.8 Å². The van der Waals surface area contributed by atoms with Crippen LogP contribution < -0.4 is 4.74 Å². The van der Waals surface area contributed by atoms with Crippen LogP contribution in [0.2, 0.25) is 0 Å². The summed E-state index contributed by atoms with van der Waals surface area (Å²) in [7, 11) is 0. The third kappa shape index (κ3) is 3.64. The lowest BCUT2D eigenvalue weighted by Gasteiger charge is -2.07. The predicted octanol–water partition coefficient (Wildman–Crippen LogP) is 2.37. The second-order valence-electron chi connectivity index (χ2n) is 2.77. The first-order chi connectivity index (χ1) is 7.29. The van der Waals surface area contributed by atoms with Crippen LogP contribution >= 0.6 is 11.6 Å². The van der Waals surface area contributed by atoms with Crippen LogP contribution in [0.25, 0.3) is 0 Å². The molecule has 0 spiro atoms. The van der Waals surface area contributed by atoms with Crippen LogP contribution in [0.3, 0.4) is 0 Å². The van der Waals surface area contributed by atoms with Gasteiger partial charge in [-0.3, -0.25) is 0 Å². The van der Waals surface area contributed by atoms with Gasteiger partial charge in [-0.25, -0.2) is 9.37 Å². The van der Waals surface area contributed by atoms with E-state index in [1.807, 2.05) is 6.92 Å². The zero-order chi connectivity index (χ0) is 11.1. The van der Waals surface area contributed by atoms with E-state index in [4.69, 9.17) is 21.1 Å². The van der Waals surface area contributed by atoms with Gasteiger partial charge in [0, 0.05) is 18.4 Å². The minimum atomic E-state index is -0.496. The molecule has 0 saturated heterocycles. The van der Waals surface area contributed by atoms with E-state index in [1.54, 1.807) is 0 Å². The van der Waals surface area contributed by atoms with Crippen LogP contribution in [0.1, 0.15) is 12.5 Å². The Balaban J connectivity index is 2.53. The molecule has 1 heterocycles.